The number of nitrogens with zero attached hydrogens (tertiary/aromatic N) is 1. The van der Waals surface area contributed by atoms with Gasteiger partial charge >= 0.3 is 0 Å². The number of amides is 1. The minimum absolute atomic E-state index is 0.0287. The molecule has 1 aromatic rings. The van der Waals surface area contributed by atoms with Crippen LogP contribution in [0.3, 0.4) is 0 Å². The summed E-state index contributed by atoms with van der Waals surface area (Å²) in [5.74, 6) is 0.661. The standard InChI is InChI=1S/C11H13NO3/c1-2-12-9-5-8(6-13)3-4-10(9)15-7-11(12)14/h3-5,13H,2,6-7H2,1H3. The van der Waals surface area contributed by atoms with E-state index in [4.69, 9.17) is 9.84 Å². The first-order chi connectivity index (χ1) is 7.26. The summed E-state index contributed by atoms with van der Waals surface area (Å²) >= 11 is 0. The highest BCUT2D eigenvalue weighted by molar-refractivity contribution is 5.97. The fourth-order valence-electron chi connectivity index (χ4n) is 1.69. The smallest absolute Gasteiger partial charge is 0.265 e. The van der Waals surface area contributed by atoms with E-state index in [1.165, 1.54) is 0 Å². The number of ether oxygens (including phenoxy) is 1. The Kier molecular flexibility index (Phi) is 2.60. The Hall–Kier alpha value is -1.55. The highest BCUT2D eigenvalue weighted by atomic mass is 16.5. The lowest BCUT2D eigenvalue weighted by Gasteiger charge is -2.28. The van der Waals surface area contributed by atoms with Crippen molar-refractivity contribution in [3.63, 3.8) is 0 Å². The number of hydrogen-bond acceptors (Lipinski definition) is 3. The summed E-state index contributed by atoms with van der Waals surface area (Å²) in [6, 6.07) is 5.37. The van der Waals surface area contributed by atoms with Gasteiger partial charge in [-0.05, 0) is 24.6 Å². The van der Waals surface area contributed by atoms with E-state index in [-0.39, 0.29) is 19.1 Å². The fourth-order valence-corrected chi connectivity index (χ4v) is 1.69. The van der Waals surface area contributed by atoms with Crippen molar-refractivity contribution in [2.24, 2.45) is 0 Å². The number of rotatable bonds is 2. The zero-order valence-electron chi connectivity index (χ0n) is 8.56. The maximum Gasteiger partial charge on any atom is 0.265 e. The highest BCUT2D eigenvalue weighted by Gasteiger charge is 2.23. The van der Waals surface area contributed by atoms with Crippen molar-refractivity contribution in [2.75, 3.05) is 18.1 Å². The molecular formula is C11H13NO3. The quantitative estimate of drug-likeness (QED) is 0.784. The van der Waals surface area contributed by atoms with Crippen LogP contribution in [0.1, 0.15) is 12.5 Å². The molecule has 0 saturated carbocycles. The maximum atomic E-state index is 11.5. The predicted octanol–water partition coefficient (Wildman–Crippen LogP) is 0.924. The van der Waals surface area contributed by atoms with Crippen LogP contribution in [-0.2, 0) is 11.4 Å². The molecule has 1 N–H and O–H groups in total. The van der Waals surface area contributed by atoms with Gasteiger partial charge < -0.3 is 14.7 Å². The number of hydrogen-bond donors (Lipinski definition) is 1. The van der Waals surface area contributed by atoms with Gasteiger partial charge in [-0.3, -0.25) is 4.79 Å². The third-order valence-corrected chi connectivity index (χ3v) is 2.47. The van der Waals surface area contributed by atoms with Gasteiger partial charge in [-0.25, -0.2) is 0 Å². The lowest BCUT2D eigenvalue weighted by atomic mass is 10.1. The molecule has 0 fully saturated rings. The van der Waals surface area contributed by atoms with E-state index in [0.29, 0.717) is 12.3 Å². The third kappa shape index (κ3) is 1.68. The summed E-state index contributed by atoms with van der Waals surface area (Å²) in [6.07, 6.45) is 0. The molecule has 0 aromatic heterocycles. The molecule has 15 heavy (non-hydrogen) atoms. The number of fused-ring (bicyclic) bond motifs is 1. The largest absolute Gasteiger partial charge is 0.482 e. The zero-order chi connectivity index (χ0) is 10.8. The van der Waals surface area contributed by atoms with Crippen LogP contribution in [0.25, 0.3) is 0 Å². The lowest BCUT2D eigenvalue weighted by Crippen LogP contribution is -2.38. The molecule has 0 radical (unpaired) electrons. The Labute approximate surface area is 88.1 Å². The summed E-state index contributed by atoms with van der Waals surface area (Å²) in [5.41, 5.74) is 1.53. The fraction of sp³-hybridized carbons (Fsp3) is 0.364. The first-order valence-electron chi connectivity index (χ1n) is 4.93. The van der Waals surface area contributed by atoms with Gasteiger partial charge in [0.05, 0.1) is 12.3 Å². The molecular weight excluding hydrogens is 194 g/mol. The Bertz CT molecular complexity index is 389. The second kappa shape index (κ2) is 3.90. The normalized spacial score (nSPS) is 14.8. The second-order valence-electron chi connectivity index (χ2n) is 3.39. The average molecular weight is 207 g/mol. The summed E-state index contributed by atoms with van der Waals surface area (Å²) in [6.45, 7) is 2.60. The molecule has 1 aliphatic rings. The van der Waals surface area contributed by atoms with E-state index < -0.39 is 0 Å². The monoisotopic (exact) mass is 207 g/mol. The number of benzene rings is 1. The molecule has 0 atom stereocenters. The number of carbonyl (C=O) groups excluding carboxylic acids is 1. The topological polar surface area (TPSA) is 49.8 Å². The first kappa shape index (κ1) is 9.98. The van der Waals surface area contributed by atoms with E-state index in [2.05, 4.69) is 0 Å². The van der Waals surface area contributed by atoms with Crippen LogP contribution >= 0.6 is 0 Å². The van der Waals surface area contributed by atoms with Gasteiger partial charge in [0, 0.05) is 6.54 Å². The molecule has 0 saturated heterocycles. The van der Waals surface area contributed by atoms with Crippen LogP contribution in [0.2, 0.25) is 0 Å². The Morgan fingerprint density at radius 2 is 2.33 bits per heavy atom. The molecule has 0 unspecified atom stereocenters. The molecule has 1 heterocycles. The predicted molar refractivity (Wildman–Crippen MR) is 55.9 cm³/mol. The van der Waals surface area contributed by atoms with Gasteiger partial charge in [0.2, 0.25) is 0 Å². The summed E-state index contributed by atoms with van der Waals surface area (Å²) in [4.78, 5) is 13.2. The van der Waals surface area contributed by atoms with Gasteiger partial charge in [-0.2, -0.15) is 0 Å². The molecule has 0 spiro atoms. The Balaban J connectivity index is 2.45. The highest BCUT2D eigenvalue weighted by Crippen LogP contribution is 2.32. The number of anilines is 1. The minimum atomic E-state index is -0.0416. The van der Waals surface area contributed by atoms with Crippen LogP contribution in [0.5, 0.6) is 5.75 Å². The Morgan fingerprint density at radius 3 is 3.00 bits per heavy atom. The number of aliphatic hydroxyl groups excluding tert-OH is 1. The zero-order valence-corrected chi connectivity index (χ0v) is 8.56. The summed E-state index contributed by atoms with van der Waals surface area (Å²) in [5, 5.41) is 9.02. The second-order valence-corrected chi connectivity index (χ2v) is 3.39. The van der Waals surface area contributed by atoms with E-state index in [1.807, 2.05) is 6.92 Å². The van der Waals surface area contributed by atoms with Crippen LogP contribution in [0.15, 0.2) is 18.2 Å². The molecule has 0 bridgehead atoms. The van der Waals surface area contributed by atoms with E-state index in [0.717, 1.165) is 11.3 Å². The van der Waals surface area contributed by atoms with Crippen LogP contribution < -0.4 is 9.64 Å². The SMILES string of the molecule is CCN1C(=O)COc2ccc(CO)cc21. The van der Waals surface area contributed by atoms with E-state index in [9.17, 15) is 4.79 Å². The molecule has 0 aliphatic carbocycles. The molecule has 4 nitrogen and oxygen atoms in total. The lowest BCUT2D eigenvalue weighted by molar-refractivity contribution is -0.121. The van der Waals surface area contributed by atoms with Crippen molar-refractivity contribution in [3.05, 3.63) is 23.8 Å². The number of carbonyl (C=O) groups is 1. The van der Waals surface area contributed by atoms with Crippen molar-refractivity contribution in [2.45, 2.75) is 13.5 Å². The molecule has 1 aliphatic heterocycles. The Morgan fingerprint density at radius 1 is 1.53 bits per heavy atom. The maximum absolute atomic E-state index is 11.5. The van der Waals surface area contributed by atoms with Gasteiger partial charge in [0.1, 0.15) is 5.75 Å². The first-order valence-corrected chi connectivity index (χ1v) is 4.93. The van der Waals surface area contributed by atoms with Crippen LogP contribution in [0, 0.1) is 0 Å². The third-order valence-electron chi connectivity index (χ3n) is 2.47. The summed E-state index contributed by atoms with van der Waals surface area (Å²) < 4.78 is 5.29. The molecule has 2 rings (SSSR count). The van der Waals surface area contributed by atoms with Crippen molar-refractivity contribution >= 4 is 11.6 Å². The van der Waals surface area contributed by atoms with Gasteiger partial charge in [-0.15, -0.1) is 0 Å². The van der Waals surface area contributed by atoms with Crippen molar-refractivity contribution in [3.8, 4) is 5.75 Å². The molecule has 4 heteroatoms. The van der Waals surface area contributed by atoms with Crippen molar-refractivity contribution in [1.29, 1.82) is 0 Å². The van der Waals surface area contributed by atoms with Gasteiger partial charge in [0.15, 0.2) is 6.61 Å². The summed E-state index contributed by atoms with van der Waals surface area (Å²) in [7, 11) is 0. The molecule has 1 aromatic carbocycles. The number of aliphatic hydroxyl groups is 1. The van der Waals surface area contributed by atoms with Crippen LogP contribution in [0.4, 0.5) is 5.69 Å². The minimum Gasteiger partial charge on any atom is -0.482 e. The molecule has 80 valence electrons. The van der Waals surface area contributed by atoms with Crippen molar-refractivity contribution < 1.29 is 14.6 Å². The van der Waals surface area contributed by atoms with Crippen molar-refractivity contribution in [1.82, 2.24) is 0 Å². The van der Waals surface area contributed by atoms with E-state index in [1.54, 1.807) is 23.1 Å². The van der Waals surface area contributed by atoms with Gasteiger partial charge in [0.25, 0.3) is 5.91 Å². The number of likely N-dealkylation sites (N-methyl/N-ethyl adjacent to an activating group) is 1. The molecule has 1 amide bonds. The van der Waals surface area contributed by atoms with Crippen LogP contribution in [-0.4, -0.2) is 24.2 Å². The average Bonchev–Trinajstić information content (AvgIpc) is 2.28. The van der Waals surface area contributed by atoms with Gasteiger partial charge in [-0.1, -0.05) is 6.07 Å². The van der Waals surface area contributed by atoms with E-state index >= 15 is 0 Å².